The fourth-order valence-electron chi connectivity index (χ4n) is 3.15. The zero-order valence-electron chi connectivity index (χ0n) is 15.5. The Bertz CT molecular complexity index is 833. The van der Waals surface area contributed by atoms with E-state index in [1.54, 1.807) is 18.2 Å². The van der Waals surface area contributed by atoms with E-state index in [0.29, 0.717) is 23.5 Å². The molecule has 6 heteroatoms. The van der Waals surface area contributed by atoms with E-state index in [-0.39, 0.29) is 30.9 Å². The van der Waals surface area contributed by atoms with Gasteiger partial charge in [-0.25, -0.2) is 0 Å². The van der Waals surface area contributed by atoms with Gasteiger partial charge in [0.1, 0.15) is 5.75 Å². The molecule has 1 unspecified atom stereocenters. The molecule has 142 valence electrons. The van der Waals surface area contributed by atoms with Crippen molar-refractivity contribution in [2.45, 2.75) is 19.8 Å². The van der Waals surface area contributed by atoms with Crippen molar-refractivity contribution in [3.8, 4) is 5.75 Å². The molecule has 0 bridgehead atoms. The van der Waals surface area contributed by atoms with Gasteiger partial charge in [-0.1, -0.05) is 44.2 Å². The summed E-state index contributed by atoms with van der Waals surface area (Å²) in [5.74, 6) is 0.00275. The summed E-state index contributed by atoms with van der Waals surface area (Å²) in [7, 11) is 0. The predicted octanol–water partition coefficient (Wildman–Crippen LogP) is 2.55. The van der Waals surface area contributed by atoms with E-state index in [4.69, 9.17) is 4.74 Å². The lowest BCUT2D eigenvalue weighted by atomic mass is 9.75. The molecule has 0 saturated heterocycles. The Morgan fingerprint density at radius 3 is 2.70 bits per heavy atom. The Morgan fingerprint density at radius 1 is 1.26 bits per heavy atom. The van der Waals surface area contributed by atoms with Gasteiger partial charge in [-0.15, -0.1) is 0 Å². The van der Waals surface area contributed by atoms with Gasteiger partial charge in [0.05, 0.1) is 5.69 Å². The third kappa shape index (κ3) is 4.28. The van der Waals surface area contributed by atoms with Crippen LogP contribution < -0.4 is 15.4 Å². The van der Waals surface area contributed by atoms with Crippen LogP contribution in [-0.2, 0) is 4.79 Å². The van der Waals surface area contributed by atoms with E-state index in [9.17, 15) is 14.7 Å². The van der Waals surface area contributed by atoms with Crippen LogP contribution in [0.4, 0.5) is 5.69 Å². The lowest BCUT2D eigenvalue weighted by Gasteiger charge is -2.33. The lowest BCUT2D eigenvalue weighted by molar-refractivity contribution is -0.118. The molecule has 3 rings (SSSR count). The largest absolute Gasteiger partial charge is 0.482 e. The molecule has 0 spiro atoms. The highest BCUT2D eigenvalue weighted by Gasteiger charge is 2.30. The number of amides is 2. The molecule has 3 N–H and O–H groups in total. The zero-order chi connectivity index (χ0) is 19.4. The van der Waals surface area contributed by atoms with E-state index in [0.717, 1.165) is 5.56 Å². The van der Waals surface area contributed by atoms with Crippen LogP contribution in [0.5, 0.6) is 5.75 Å². The zero-order valence-corrected chi connectivity index (χ0v) is 15.5. The first kappa shape index (κ1) is 18.9. The van der Waals surface area contributed by atoms with Gasteiger partial charge in [-0.05, 0) is 29.2 Å². The molecule has 0 radical (unpaired) electrons. The minimum absolute atomic E-state index is 0.00874. The molecule has 1 heterocycles. The van der Waals surface area contributed by atoms with Crippen LogP contribution >= 0.6 is 0 Å². The fourth-order valence-corrected chi connectivity index (χ4v) is 3.15. The molecule has 1 aliphatic heterocycles. The summed E-state index contributed by atoms with van der Waals surface area (Å²) in [6.07, 6.45) is 0. The fraction of sp³-hybridized carbons (Fsp3) is 0.333. The van der Waals surface area contributed by atoms with Crippen molar-refractivity contribution < 1.29 is 19.4 Å². The minimum Gasteiger partial charge on any atom is -0.482 e. The highest BCUT2D eigenvalue weighted by Crippen LogP contribution is 2.35. The molecular weight excluding hydrogens is 344 g/mol. The number of carbonyl (C=O) groups is 2. The molecule has 0 fully saturated rings. The molecule has 2 aromatic rings. The molecule has 1 aliphatic rings. The normalized spacial score (nSPS) is 14.6. The third-order valence-corrected chi connectivity index (χ3v) is 4.90. The van der Waals surface area contributed by atoms with Gasteiger partial charge in [0.15, 0.2) is 6.61 Å². The average molecular weight is 368 g/mol. The van der Waals surface area contributed by atoms with Gasteiger partial charge < -0.3 is 20.5 Å². The SMILES string of the molecule is CC(C)(CO)C(CNC(=O)c1ccc2c(c1)OCC(=O)N2)c1ccccc1. The number of rotatable bonds is 6. The van der Waals surface area contributed by atoms with E-state index in [1.165, 1.54) is 0 Å². The van der Waals surface area contributed by atoms with Gasteiger partial charge in [0, 0.05) is 24.6 Å². The number of carbonyl (C=O) groups excluding carboxylic acids is 2. The molecule has 2 aromatic carbocycles. The number of aliphatic hydroxyl groups is 1. The number of nitrogens with one attached hydrogen (secondary N) is 2. The Morgan fingerprint density at radius 2 is 2.00 bits per heavy atom. The number of aliphatic hydroxyl groups excluding tert-OH is 1. The van der Waals surface area contributed by atoms with Crippen molar-refractivity contribution >= 4 is 17.5 Å². The predicted molar refractivity (Wildman–Crippen MR) is 103 cm³/mol. The summed E-state index contributed by atoms with van der Waals surface area (Å²) in [5, 5.41) is 15.5. The van der Waals surface area contributed by atoms with E-state index in [1.807, 2.05) is 44.2 Å². The van der Waals surface area contributed by atoms with Crippen molar-refractivity contribution in [3.05, 3.63) is 59.7 Å². The van der Waals surface area contributed by atoms with Crippen LogP contribution in [0.2, 0.25) is 0 Å². The van der Waals surface area contributed by atoms with Crippen LogP contribution in [0, 0.1) is 5.41 Å². The minimum atomic E-state index is -0.391. The molecule has 1 atom stereocenters. The maximum atomic E-state index is 12.6. The molecule has 0 aromatic heterocycles. The summed E-state index contributed by atoms with van der Waals surface area (Å²) in [5.41, 5.74) is 1.69. The molecule has 2 amide bonds. The van der Waals surface area contributed by atoms with Gasteiger partial charge in [0.2, 0.25) is 0 Å². The summed E-state index contributed by atoms with van der Waals surface area (Å²) < 4.78 is 5.37. The highest BCUT2D eigenvalue weighted by atomic mass is 16.5. The Balaban J connectivity index is 1.74. The van der Waals surface area contributed by atoms with E-state index < -0.39 is 5.41 Å². The second kappa shape index (κ2) is 7.80. The molecule has 27 heavy (non-hydrogen) atoms. The standard InChI is InChI=1S/C21H24N2O4/c1-21(2,13-24)16(14-6-4-3-5-7-14)11-22-20(26)15-8-9-17-18(10-15)27-12-19(25)23-17/h3-10,16,24H,11-13H2,1-2H3,(H,22,26)(H,23,25). The summed E-state index contributed by atoms with van der Waals surface area (Å²) in [6, 6.07) is 14.8. The number of anilines is 1. The summed E-state index contributed by atoms with van der Waals surface area (Å²) >= 11 is 0. The number of hydrogen-bond acceptors (Lipinski definition) is 4. The van der Waals surface area contributed by atoms with E-state index >= 15 is 0 Å². The van der Waals surface area contributed by atoms with Gasteiger partial charge in [0.25, 0.3) is 11.8 Å². The maximum absolute atomic E-state index is 12.6. The van der Waals surface area contributed by atoms with Crippen LogP contribution in [0.3, 0.4) is 0 Å². The van der Waals surface area contributed by atoms with Crippen LogP contribution in [-0.4, -0.2) is 36.7 Å². The maximum Gasteiger partial charge on any atom is 0.262 e. The van der Waals surface area contributed by atoms with Gasteiger partial charge in [-0.2, -0.15) is 0 Å². The average Bonchev–Trinajstić information content (AvgIpc) is 2.68. The van der Waals surface area contributed by atoms with Crippen LogP contribution in [0.1, 0.15) is 35.7 Å². The van der Waals surface area contributed by atoms with Crippen molar-refractivity contribution in [1.29, 1.82) is 0 Å². The first-order chi connectivity index (χ1) is 12.9. The van der Waals surface area contributed by atoms with Gasteiger partial charge in [-0.3, -0.25) is 9.59 Å². The summed E-state index contributed by atoms with van der Waals surface area (Å²) in [4.78, 5) is 24.0. The van der Waals surface area contributed by atoms with Crippen molar-refractivity contribution in [3.63, 3.8) is 0 Å². The monoisotopic (exact) mass is 368 g/mol. The first-order valence-corrected chi connectivity index (χ1v) is 8.91. The van der Waals surface area contributed by atoms with Crippen molar-refractivity contribution in [1.82, 2.24) is 5.32 Å². The van der Waals surface area contributed by atoms with E-state index in [2.05, 4.69) is 10.6 Å². The molecular formula is C21H24N2O4. The number of fused-ring (bicyclic) bond motifs is 1. The number of benzene rings is 2. The van der Waals surface area contributed by atoms with Crippen LogP contribution in [0.15, 0.2) is 48.5 Å². The van der Waals surface area contributed by atoms with Crippen molar-refractivity contribution in [2.24, 2.45) is 5.41 Å². The Kier molecular flexibility index (Phi) is 5.46. The number of hydrogen-bond donors (Lipinski definition) is 3. The Labute approximate surface area is 158 Å². The van der Waals surface area contributed by atoms with Gasteiger partial charge >= 0.3 is 0 Å². The Hall–Kier alpha value is -2.86. The third-order valence-electron chi connectivity index (χ3n) is 4.90. The quantitative estimate of drug-likeness (QED) is 0.731. The smallest absolute Gasteiger partial charge is 0.262 e. The summed E-state index contributed by atoms with van der Waals surface area (Å²) in [6.45, 7) is 4.30. The second-order valence-corrected chi connectivity index (χ2v) is 7.37. The lowest BCUT2D eigenvalue weighted by Crippen LogP contribution is -2.37. The number of ether oxygens (including phenoxy) is 1. The highest BCUT2D eigenvalue weighted by molar-refractivity contribution is 5.99. The molecule has 0 aliphatic carbocycles. The first-order valence-electron chi connectivity index (χ1n) is 8.91. The topological polar surface area (TPSA) is 87.7 Å². The second-order valence-electron chi connectivity index (χ2n) is 7.37. The van der Waals surface area contributed by atoms with Crippen LogP contribution in [0.25, 0.3) is 0 Å². The molecule has 6 nitrogen and oxygen atoms in total. The molecule has 0 saturated carbocycles. The van der Waals surface area contributed by atoms with Crippen molar-refractivity contribution in [2.75, 3.05) is 25.1 Å².